The highest BCUT2D eigenvalue weighted by Crippen LogP contribution is 2.40. The van der Waals surface area contributed by atoms with Gasteiger partial charge in [0.1, 0.15) is 11.6 Å². The highest BCUT2D eigenvalue weighted by atomic mass is 31.1. The smallest absolute Gasteiger partial charge is 0.408 e. The van der Waals surface area contributed by atoms with Crippen LogP contribution in [0.25, 0.3) is 0 Å². The summed E-state index contributed by atoms with van der Waals surface area (Å²) in [6, 6.07) is 41.0. The second kappa shape index (κ2) is 16.7. The Balaban J connectivity index is 1.84. The van der Waals surface area contributed by atoms with Gasteiger partial charge in [-0.05, 0) is 73.2 Å². The zero-order chi connectivity index (χ0) is 37.5. The molecular weight excluding hydrogens is 668 g/mol. The number of benzene rings is 4. The molecule has 0 saturated carbocycles. The third-order valence-electron chi connectivity index (χ3n) is 8.98. The van der Waals surface area contributed by atoms with Crippen LogP contribution >= 0.6 is 7.92 Å². The maximum atomic E-state index is 14.5. The highest BCUT2D eigenvalue weighted by Gasteiger charge is 2.52. The van der Waals surface area contributed by atoms with Crippen molar-refractivity contribution in [3.8, 4) is 0 Å². The average molecular weight is 725 g/mol. The lowest BCUT2D eigenvalue weighted by atomic mass is 9.86. The number of hydrogen-bond acceptors (Lipinski definition) is 4. The molecule has 51 heavy (non-hydrogen) atoms. The van der Waals surface area contributed by atoms with Gasteiger partial charge in [-0.3, -0.25) is 4.79 Å². The van der Waals surface area contributed by atoms with Crippen molar-refractivity contribution < 1.29 is 18.8 Å². The van der Waals surface area contributed by atoms with Crippen molar-refractivity contribution in [1.82, 2.24) is 10.6 Å². The number of carbonyl (C=O) groups is 2. The third-order valence-corrected chi connectivity index (χ3v) is 16.7. The molecule has 0 aliphatic heterocycles. The van der Waals surface area contributed by atoms with E-state index in [1.165, 1.54) is 21.0 Å². The van der Waals surface area contributed by atoms with E-state index in [1.54, 1.807) is 0 Å². The Morgan fingerprint density at radius 1 is 0.647 bits per heavy atom. The molecule has 0 aliphatic carbocycles. The van der Waals surface area contributed by atoms with Crippen LogP contribution in [0.3, 0.4) is 0 Å². The van der Waals surface area contributed by atoms with E-state index in [2.05, 4.69) is 135 Å². The van der Waals surface area contributed by atoms with Gasteiger partial charge in [-0.25, -0.2) is 4.79 Å². The van der Waals surface area contributed by atoms with E-state index in [4.69, 9.17) is 9.16 Å². The number of amides is 2. The summed E-state index contributed by atoms with van der Waals surface area (Å²) in [4.78, 5) is 27.6. The van der Waals surface area contributed by atoms with Crippen LogP contribution in [0.4, 0.5) is 4.79 Å². The van der Waals surface area contributed by atoms with Crippen LogP contribution in [-0.4, -0.2) is 50.3 Å². The first kappa shape index (κ1) is 40.0. The molecule has 4 aromatic rings. The maximum Gasteiger partial charge on any atom is 0.408 e. The van der Waals surface area contributed by atoms with Crippen LogP contribution in [0.15, 0.2) is 121 Å². The Morgan fingerprint density at radius 2 is 1.06 bits per heavy atom. The fourth-order valence-electron chi connectivity index (χ4n) is 6.50. The van der Waals surface area contributed by atoms with Gasteiger partial charge in [0.2, 0.25) is 5.91 Å². The summed E-state index contributed by atoms with van der Waals surface area (Å²) in [7, 11) is -3.89. The minimum atomic E-state index is -2.99. The van der Waals surface area contributed by atoms with Gasteiger partial charge in [-0.1, -0.05) is 163 Å². The van der Waals surface area contributed by atoms with Gasteiger partial charge < -0.3 is 19.8 Å². The predicted octanol–water partition coefficient (Wildman–Crippen LogP) is 7.51. The molecule has 0 spiro atoms. The molecule has 0 saturated heterocycles. The summed E-state index contributed by atoms with van der Waals surface area (Å²) in [5, 5.41) is 10.9. The molecule has 2 N–H and O–H groups in total. The molecule has 0 aliphatic rings. The topological polar surface area (TPSA) is 76.7 Å². The molecule has 8 heteroatoms. The Labute approximate surface area is 308 Å². The Kier molecular flexibility index (Phi) is 13.1. The Hall–Kier alpha value is -3.77. The van der Waals surface area contributed by atoms with Crippen molar-refractivity contribution in [1.29, 1.82) is 0 Å². The van der Waals surface area contributed by atoms with E-state index < -0.39 is 51.5 Å². The van der Waals surface area contributed by atoms with Crippen molar-refractivity contribution in [2.75, 3.05) is 6.16 Å². The second-order valence-electron chi connectivity index (χ2n) is 16.3. The lowest BCUT2D eigenvalue weighted by Gasteiger charge is -2.46. The predicted molar refractivity (Wildman–Crippen MR) is 217 cm³/mol. The van der Waals surface area contributed by atoms with Gasteiger partial charge in [-0.15, -0.1) is 0 Å². The van der Waals surface area contributed by atoms with E-state index in [1.807, 2.05) is 65.8 Å². The fourth-order valence-corrected chi connectivity index (χ4v) is 13.8. The number of nitrogens with one attached hydrogen (secondary N) is 2. The molecule has 3 atom stereocenters. The molecule has 6 nitrogen and oxygen atoms in total. The average Bonchev–Trinajstić information content (AvgIpc) is 3.07. The molecule has 0 aromatic heterocycles. The number of rotatable bonds is 12. The lowest BCUT2D eigenvalue weighted by Crippen LogP contribution is -2.69. The Bertz CT molecular complexity index is 1610. The van der Waals surface area contributed by atoms with E-state index in [9.17, 15) is 9.59 Å². The van der Waals surface area contributed by atoms with Crippen LogP contribution in [0.5, 0.6) is 0 Å². The van der Waals surface area contributed by atoms with Gasteiger partial charge in [0.25, 0.3) is 8.32 Å². The zero-order valence-corrected chi connectivity index (χ0v) is 34.0. The third kappa shape index (κ3) is 10.4. The first-order valence-electron chi connectivity index (χ1n) is 17.9. The van der Waals surface area contributed by atoms with Crippen LogP contribution in [0.1, 0.15) is 69.2 Å². The normalized spacial score (nSPS) is 14.3. The summed E-state index contributed by atoms with van der Waals surface area (Å²) in [6.45, 7) is 20.2. The SMILES string of the molecule is C[C@H](O[Si](c1ccccc1)(c1ccccc1)C(C)(C)C)[C@H](CP(c1ccccc1)c1ccccc1)NC(=O)[C@@H](NC(=O)OC(C)(C)C)C(C)(C)C. The number of ether oxygens (including phenoxy) is 1. The number of hydrogen-bond donors (Lipinski definition) is 2. The van der Waals surface area contributed by atoms with Crippen molar-refractivity contribution in [2.45, 2.75) is 98.1 Å². The van der Waals surface area contributed by atoms with Crippen LogP contribution in [0, 0.1) is 5.41 Å². The van der Waals surface area contributed by atoms with Gasteiger partial charge in [0.05, 0.1) is 12.1 Å². The molecule has 0 unspecified atom stereocenters. The van der Waals surface area contributed by atoms with Gasteiger partial charge in [0.15, 0.2) is 0 Å². The minimum Gasteiger partial charge on any atom is -0.444 e. The summed E-state index contributed by atoms with van der Waals surface area (Å²) >= 11 is 0. The number of alkyl carbamates (subject to hydrolysis) is 1. The second-order valence-corrected chi connectivity index (χ2v) is 22.8. The van der Waals surface area contributed by atoms with Gasteiger partial charge in [0, 0.05) is 0 Å². The van der Waals surface area contributed by atoms with Gasteiger partial charge in [-0.2, -0.15) is 0 Å². The molecule has 0 radical (unpaired) electrons. The molecule has 4 rings (SSSR count). The molecule has 272 valence electrons. The van der Waals surface area contributed by atoms with Crippen molar-refractivity contribution >= 4 is 49.2 Å². The lowest BCUT2D eigenvalue weighted by molar-refractivity contribution is -0.126. The molecule has 0 heterocycles. The van der Waals surface area contributed by atoms with Crippen LogP contribution in [-0.2, 0) is 14.0 Å². The zero-order valence-electron chi connectivity index (χ0n) is 32.1. The van der Waals surface area contributed by atoms with Crippen molar-refractivity contribution in [2.24, 2.45) is 5.41 Å². The first-order chi connectivity index (χ1) is 23.9. The quantitative estimate of drug-likeness (QED) is 0.117. The van der Waals surface area contributed by atoms with E-state index in [-0.39, 0.29) is 10.9 Å². The number of carbonyl (C=O) groups excluding carboxylic acids is 2. The monoisotopic (exact) mass is 724 g/mol. The fraction of sp³-hybridized carbons (Fsp3) is 0.395. The molecule has 4 aromatic carbocycles. The maximum absolute atomic E-state index is 14.5. The van der Waals surface area contributed by atoms with Crippen LogP contribution in [0.2, 0.25) is 5.04 Å². The molecule has 2 amide bonds. The van der Waals surface area contributed by atoms with E-state index in [0.29, 0.717) is 6.16 Å². The van der Waals surface area contributed by atoms with Crippen molar-refractivity contribution in [3.63, 3.8) is 0 Å². The first-order valence-corrected chi connectivity index (χ1v) is 21.3. The molecular formula is C43H57N2O4PSi. The molecule has 0 fully saturated rings. The highest BCUT2D eigenvalue weighted by molar-refractivity contribution is 7.73. The van der Waals surface area contributed by atoms with E-state index in [0.717, 1.165) is 0 Å². The van der Waals surface area contributed by atoms with Crippen LogP contribution < -0.4 is 31.6 Å². The minimum absolute atomic E-state index is 0.256. The summed E-state index contributed by atoms with van der Waals surface area (Å²) in [5.41, 5.74) is -1.30. The standard InChI is InChI=1S/C43H57N2O4PSi/c1-32(49-51(43(8,9)10,35-27-19-13-20-28-35)36-29-21-14-22-30-36)37(31-50(33-23-15-11-16-24-33)34-25-17-12-18-26-34)44-39(46)38(41(2,3)4)45-40(47)48-42(5,6)7/h11-30,32,37-38H,31H2,1-10H3,(H,44,46)(H,45,47)/t32-,37-,38+/m0/s1. The molecule has 0 bridgehead atoms. The van der Waals surface area contributed by atoms with Gasteiger partial charge >= 0.3 is 6.09 Å². The van der Waals surface area contributed by atoms with E-state index >= 15 is 0 Å². The summed E-state index contributed by atoms with van der Waals surface area (Å²) in [6.07, 6.45) is -0.390. The summed E-state index contributed by atoms with van der Waals surface area (Å²) in [5.74, 6) is -0.271. The Morgan fingerprint density at radius 3 is 1.43 bits per heavy atom. The summed E-state index contributed by atoms with van der Waals surface area (Å²) < 4.78 is 13.2. The largest absolute Gasteiger partial charge is 0.444 e. The van der Waals surface area contributed by atoms with Crippen molar-refractivity contribution in [3.05, 3.63) is 121 Å².